The molecule has 1 aliphatic rings. The predicted molar refractivity (Wildman–Crippen MR) is 69.7 cm³/mol. The Morgan fingerprint density at radius 1 is 1.53 bits per heavy atom. The second-order valence-electron chi connectivity index (χ2n) is 5.45. The molecular weight excluding hydrogens is 242 g/mol. The van der Waals surface area contributed by atoms with E-state index in [0.29, 0.717) is 11.5 Å². The zero-order chi connectivity index (χ0) is 13.5. The van der Waals surface area contributed by atoms with E-state index in [2.05, 4.69) is 34.2 Å². The molecule has 0 spiro atoms. The van der Waals surface area contributed by atoms with Gasteiger partial charge in [0.25, 0.3) is 0 Å². The topological polar surface area (TPSA) is 72.7 Å². The first-order chi connectivity index (χ1) is 9.08. The van der Waals surface area contributed by atoms with Crippen LogP contribution < -0.4 is 5.32 Å². The zero-order valence-corrected chi connectivity index (χ0v) is 10.9. The smallest absolute Gasteiger partial charge is 0.228 e. The number of hydrogen-bond acceptors (Lipinski definition) is 4. The molecule has 1 N–H and O–H groups in total. The van der Waals surface area contributed by atoms with Crippen molar-refractivity contribution < 1.29 is 4.79 Å². The van der Waals surface area contributed by atoms with Crippen LogP contribution in [0.15, 0.2) is 31.0 Å². The van der Waals surface area contributed by atoms with E-state index in [1.54, 1.807) is 29.3 Å². The number of nitrogens with one attached hydrogen (secondary N) is 1. The lowest BCUT2D eigenvalue weighted by Crippen LogP contribution is -2.18. The Balaban J connectivity index is 1.84. The number of anilines is 1. The highest BCUT2D eigenvalue weighted by molar-refractivity contribution is 5.96. The molecule has 1 atom stereocenters. The number of carbonyl (C=O) groups excluding carboxylic acids is 1. The molecule has 0 saturated heterocycles. The van der Waals surface area contributed by atoms with E-state index >= 15 is 0 Å². The Labute approximate surface area is 110 Å². The fourth-order valence-electron chi connectivity index (χ4n) is 2.12. The standard InChI is InChI=1S/C13H15N5O/c1-13(2)6-9(13)12(19)17-10-7-14-8-15-11(10)18-5-3-4-16-18/h3-5,7-9H,6H2,1-2H3,(H,17,19)/t9-/m1/s1. The molecule has 2 aromatic heterocycles. The Bertz CT molecular complexity index is 605. The van der Waals surface area contributed by atoms with Gasteiger partial charge in [-0.15, -0.1) is 0 Å². The van der Waals surface area contributed by atoms with Gasteiger partial charge in [-0.2, -0.15) is 5.10 Å². The van der Waals surface area contributed by atoms with Crippen molar-refractivity contribution in [3.63, 3.8) is 0 Å². The average molecular weight is 257 g/mol. The minimum absolute atomic E-state index is 0.0215. The van der Waals surface area contributed by atoms with Gasteiger partial charge in [-0.05, 0) is 17.9 Å². The van der Waals surface area contributed by atoms with Gasteiger partial charge in [0.15, 0.2) is 5.82 Å². The maximum atomic E-state index is 12.1. The highest BCUT2D eigenvalue weighted by atomic mass is 16.2. The summed E-state index contributed by atoms with van der Waals surface area (Å²) < 4.78 is 1.61. The van der Waals surface area contributed by atoms with Crippen LogP contribution in [0.1, 0.15) is 20.3 Å². The van der Waals surface area contributed by atoms with Crippen LogP contribution in [0.5, 0.6) is 0 Å². The van der Waals surface area contributed by atoms with Crippen molar-refractivity contribution in [1.29, 1.82) is 0 Å². The van der Waals surface area contributed by atoms with Crippen LogP contribution in [0.3, 0.4) is 0 Å². The molecule has 6 nitrogen and oxygen atoms in total. The molecule has 0 unspecified atom stereocenters. The monoisotopic (exact) mass is 257 g/mol. The van der Waals surface area contributed by atoms with Gasteiger partial charge in [-0.25, -0.2) is 14.6 Å². The highest BCUT2D eigenvalue weighted by Crippen LogP contribution is 2.52. The van der Waals surface area contributed by atoms with Crippen LogP contribution in [0.4, 0.5) is 5.69 Å². The van der Waals surface area contributed by atoms with E-state index in [1.807, 2.05) is 0 Å². The fourth-order valence-corrected chi connectivity index (χ4v) is 2.12. The van der Waals surface area contributed by atoms with Crippen LogP contribution in [0, 0.1) is 11.3 Å². The number of nitrogens with zero attached hydrogens (tertiary/aromatic N) is 4. The van der Waals surface area contributed by atoms with Gasteiger partial charge in [-0.1, -0.05) is 13.8 Å². The number of hydrogen-bond donors (Lipinski definition) is 1. The molecule has 0 aliphatic heterocycles. The lowest BCUT2D eigenvalue weighted by atomic mass is 10.1. The first kappa shape index (κ1) is 11.8. The molecule has 6 heteroatoms. The minimum Gasteiger partial charge on any atom is -0.321 e. The summed E-state index contributed by atoms with van der Waals surface area (Å²) in [5.41, 5.74) is 0.685. The predicted octanol–water partition coefficient (Wildman–Crippen LogP) is 1.65. The Hall–Kier alpha value is -2.24. The minimum atomic E-state index is 0.0215. The summed E-state index contributed by atoms with van der Waals surface area (Å²) >= 11 is 0. The van der Waals surface area contributed by atoms with Crippen LogP contribution in [-0.4, -0.2) is 25.7 Å². The SMILES string of the molecule is CC1(C)C[C@@H]1C(=O)Nc1cncnc1-n1cccn1. The first-order valence-electron chi connectivity index (χ1n) is 6.19. The van der Waals surface area contributed by atoms with Crippen LogP contribution >= 0.6 is 0 Å². The lowest BCUT2D eigenvalue weighted by Gasteiger charge is -2.10. The quantitative estimate of drug-likeness (QED) is 0.907. The molecule has 2 heterocycles. The normalized spacial score (nSPS) is 20.0. The third kappa shape index (κ3) is 2.21. The van der Waals surface area contributed by atoms with Crippen molar-refractivity contribution >= 4 is 11.6 Å². The summed E-state index contributed by atoms with van der Waals surface area (Å²) in [6.45, 7) is 4.18. The van der Waals surface area contributed by atoms with Crippen molar-refractivity contribution in [3.8, 4) is 5.82 Å². The van der Waals surface area contributed by atoms with E-state index in [-0.39, 0.29) is 17.2 Å². The van der Waals surface area contributed by atoms with E-state index in [1.165, 1.54) is 6.33 Å². The molecule has 3 rings (SSSR count). The van der Waals surface area contributed by atoms with Gasteiger partial charge < -0.3 is 5.32 Å². The summed E-state index contributed by atoms with van der Waals surface area (Å²) in [6, 6.07) is 1.80. The number of aromatic nitrogens is 4. The van der Waals surface area contributed by atoms with E-state index in [9.17, 15) is 4.79 Å². The van der Waals surface area contributed by atoms with Crippen molar-refractivity contribution in [1.82, 2.24) is 19.7 Å². The number of carbonyl (C=O) groups is 1. The van der Waals surface area contributed by atoms with Gasteiger partial charge in [-0.3, -0.25) is 4.79 Å². The molecule has 0 aromatic carbocycles. The van der Waals surface area contributed by atoms with Crippen molar-refractivity contribution in [3.05, 3.63) is 31.0 Å². The zero-order valence-electron chi connectivity index (χ0n) is 10.9. The van der Waals surface area contributed by atoms with E-state index < -0.39 is 0 Å². The van der Waals surface area contributed by atoms with Crippen molar-refractivity contribution in [2.45, 2.75) is 20.3 Å². The van der Waals surface area contributed by atoms with Crippen LogP contribution in [0.25, 0.3) is 5.82 Å². The molecule has 1 aliphatic carbocycles. The molecule has 2 aromatic rings. The Morgan fingerprint density at radius 3 is 2.95 bits per heavy atom. The third-order valence-corrected chi connectivity index (χ3v) is 3.50. The maximum Gasteiger partial charge on any atom is 0.228 e. The molecular formula is C13H15N5O. The summed E-state index contributed by atoms with van der Waals surface area (Å²) in [6.07, 6.45) is 7.39. The molecule has 19 heavy (non-hydrogen) atoms. The van der Waals surface area contributed by atoms with E-state index in [4.69, 9.17) is 0 Å². The highest BCUT2D eigenvalue weighted by Gasteiger charge is 2.50. The molecule has 0 bridgehead atoms. The first-order valence-corrected chi connectivity index (χ1v) is 6.19. The molecule has 0 radical (unpaired) electrons. The van der Waals surface area contributed by atoms with Gasteiger partial charge >= 0.3 is 0 Å². The maximum absolute atomic E-state index is 12.1. The number of rotatable bonds is 3. The van der Waals surface area contributed by atoms with Crippen molar-refractivity contribution in [2.24, 2.45) is 11.3 Å². The number of amides is 1. The third-order valence-electron chi connectivity index (χ3n) is 3.50. The molecule has 98 valence electrons. The van der Waals surface area contributed by atoms with Gasteiger partial charge in [0, 0.05) is 18.3 Å². The Morgan fingerprint density at radius 2 is 2.32 bits per heavy atom. The second-order valence-corrected chi connectivity index (χ2v) is 5.45. The lowest BCUT2D eigenvalue weighted by molar-refractivity contribution is -0.118. The summed E-state index contributed by atoms with van der Waals surface area (Å²) in [5.74, 6) is 0.665. The van der Waals surface area contributed by atoms with Gasteiger partial charge in [0.2, 0.25) is 5.91 Å². The summed E-state index contributed by atoms with van der Waals surface area (Å²) in [4.78, 5) is 20.2. The summed E-state index contributed by atoms with van der Waals surface area (Å²) in [5, 5.41) is 7.01. The molecule has 1 saturated carbocycles. The molecule has 1 amide bonds. The van der Waals surface area contributed by atoms with Crippen molar-refractivity contribution in [2.75, 3.05) is 5.32 Å². The second kappa shape index (κ2) is 4.15. The van der Waals surface area contributed by atoms with Gasteiger partial charge in [0.1, 0.15) is 12.0 Å². The van der Waals surface area contributed by atoms with Crippen LogP contribution in [-0.2, 0) is 4.79 Å². The van der Waals surface area contributed by atoms with E-state index in [0.717, 1.165) is 6.42 Å². The Kier molecular flexibility index (Phi) is 2.58. The van der Waals surface area contributed by atoms with Crippen LogP contribution in [0.2, 0.25) is 0 Å². The molecule has 1 fully saturated rings. The fraction of sp³-hybridized carbons (Fsp3) is 0.385. The summed E-state index contributed by atoms with van der Waals surface area (Å²) in [7, 11) is 0. The average Bonchev–Trinajstić information content (AvgIpc) is 2.80. The largest absolute Gasteiger partial charge is 0.321 e. The van der Waals surface area contributed by atoms with Gasteiger partial charge in [0.05, 0.1) is 6.20 Å².